The fourth-order valence-corrected chi connectivity index (χ4v) is 2.43. The molecule has 2 rings (SSSR count). The lowest BCUT2D eigenvalue weighted by Gasteiger charge is -2.34. The summed E-state index contributed by atoms with van der Waals surface area (Å²) in [4.78, 5) is 13.7. The Morgan fingerprint density at radius 2 is 1.86 bits per heavy atom. The summed E-state index contributed by atoms with van der Waals surface area (Å²) in [6, 6.07) is 1.77. The van der Waals surface area contributed by atoms with Crippen molar-refractivity contribution in [3.8, 4) is 0 Å². The van der Waals surface area contributed by atoms with Crippen LogP contribution >= 0.6 is 0 Å². The minimum Gasteiger partial charge on any atom is -0.373 e. The van der Waals surface area contributed by atoms with Crippen LogP contribution in [0, 0.1) is 17.5 Å². The predicted molar refractivity (Wildman–Crippen MR) is 71.4 cm³/mol. The molecule has 1 saturated heterocycles. The van der Waals surface area contributed by atoms with E-state index in [4.69, 9.17) is 4.74 Å². The number of morpholine rings is 1. The predicted octanol–water partition coefficient (Wildman–Crippen LogP) is 2.15. The topological polar surface area (TPSA) is 41.6 Å². The highest BCUT2D eigenvalue weighted by Gasteiger charge is 2.24. The molecule has 2 atom stereocenters. The maximum absolute atomic E-state index is 13.5. The molecular weight excluding hydrogens is 285 g/mol. The summed E-state index contributed by atoms with van der Waals surface area (Å²) in [5.74, 6) is -4.77. The van der Waals surface area contributed by atoms with Crippen LogP contribution in [0.25, 0.3) is 0 Å². The molecule has 0 saturated carbocycles. The number of rotatable bonds is 3. The van der Waals surface area contributed by atoms with Crippen LogP contribution < -0.4 is 5.32 Å². The Kier molecular flexibility index (Phi) is 4.84. The van der Waals surface area contributed by atoms with Gasteiger partial charge < -0.3 is 10.1 Å². The van der Waals surface area contributed by atoms with Crippen molar-refractivity contribution in [3.63, 3.8) is 0 Å². The van der Waals surface area contributed by atoms with Crippen LogP contribution in [0.5, 0.6) is 0 Å². The molecule has 0 spiro atoms. The Labute approximate surface area is 120 Å². The van der Waals surface area contributed by atoms with Gasteiger partial charge in [-0.1, -0.05) is 0 Å². The first-order valence-electron chi connectivity index (χ1n) is 6.68. The molecule has 0 bridgehead atoms. The number of nitrogens with one attached hydrogen (secondary N) is 1. The van der Waals surface area contributed by atoms with Gasteiger partial charge in [-0.05, 0) is 26.0 Å². The van der Waals surface area contributed by atoms with Crippen LogP contribution in [0.3, 0.4) is 0 Å². The van der Waals surface area contributed by atoms with Crippen molar-refractivity contribution >= 4 is 11.6 Å². The molecule has 1 amide bonds. The third-order valence-corrected chi connectivity index (χ3v) is 3.17. The SMILES string of the molecule is C[C@@H]1CN(CC(=O)Nc2ccc(F)c(F)c2F)C[C@H](C)O1. The van der Waals surface area contributed by atoms with E-state index in [0.717, 1.165) is 12.1 Å². The van der Waals surface area contributed by atoms with E-state index in [1.807, 2.05) is 18.7 Å². The molecule has 1 fully saturated rings. The number of hydrogen-bond donors (Lipinski definition) is 1. The van der Waals surface area contributed by atoms with Crippen LogP contribution in [-0.4, -0.2) is 42.6 Å². The molecular formula is C14H17F3N2O2. The zero-order valence-electron chi connectivity index (χ0n) is 11.8. The van der Waals surface area contributed by atoms with Crippen molar-refractivity contribution in [2.45, 2.75) is 26.1 Å². The number of hydrogen-bond acceptors (Lipinski definition) is 3. The smallest absolute Gasteiger partial charge is 0.238 e. The summed E-state index contributed by atoms with van der Waals surface area (Å²) in [6.45, 7) is 5.00. The monoisotopic (exact) mass is 302 g/mol. The van der Waals surface area contributed by atoms with Crippen molar-refractivity contribution in [2.75, 3.05) is 25.0 Å². The first kappa shape index (κ1) is 15.8. The molecule has 0 radical (unpaired) electrons. The second kappa shape index (κ2) is 6.44. The molecule has 7 heteroatoms. The number of carbonyl (C=O) groups is 1. The molecule has 1 aromatic rings. The number of anilines is 1. The van der Waals surface area contributed by atoms with Crippen molar-refractivity contribution in [2.24, 2.45) is 0 Å². The zero-order chi connectivity index (χ0) is 15.6. The molecule has 116 valence electrons. The second-order valence-electron chi connectivity index (χ2n) is 5.22. The van der Waals surface area contributed by atoms with E-state index in [0.29, 0.717) is 13.1 Å². The zero-order valence-corrected chi connectivity index (χ0v) is 11.8. The number of amides is 1. The number of nitrogens with zero attached hydrogens (tertiary/aromatic N) is 1. The van der Waals surface area contributed by atoms with E-state index in [1.165, 1.54) is 0 Å². The van der Waals surface area contributed by atoms with Gasteiger partial charge in [-0.15, -0.1) is 0 Å². The molecule has 1 aliphatic heterocycles. The lowest BCUT2D eigenvalue weighted by Crippen LogP contribution is -2.48. The molecule has 0 unspecified atom stereocenters. The third kappa shape index (κ3) is 3.95. The fraction of sp³-hybridized carbons (Fsp3) is 0.500. The highest BCUT2D eigenvalue weighted by molar-refractivity contribution is 5.92. The Bertz CT molecular complexity index is 529. The minimum atomic E-state index is -1.60. The van der Waals surface area contributed by atoms with Crippen LogP contribution in [0.2, 0.25) is 0 Å². The van der Waals surface area contributed by atoms with Crippen molar-refractivity contribution in [1.29, 1.82) is 0 Å². The number of carbonyl (C=O) groups excluding carboxylic acids is 1. The highest BCUT2D eigenvalue weighted by atomic mass is 19.2. The summed E-state index contributed by atoms with van der Waals surface area (Å²) in [5.41, 5.74) is -0.367. The van der Waals surface area contributed by atoms with E-state index in [1.54, 1.807) is 0 Å². The van der Waals surface area contributed by atoms with Gasteiger partial charge in [0.05, 0.1) is 24.4 Å². The minimum absolute atomic E-state index is 0.00144. The van der Waals surface area contributed by atoms with Gasteiger partial charge in [0.2, 0.25) is 5.91 Å². The van der Waals surface area contributed by atoms with Crippen LogP contribution in [0.4, 0.5) is 18.9 Å². The summed E-state index contributed by atoms with van der Waals surface area (Å²) in [7, 11) is 0. The molecule has 1 N–H and O–H groups in total. The summed E-state index contributed by atoms with van der Waals surface area (Å²) in [6.07, 6.45) is 0.00287. The van der Waals surface area contributed by atoms with Crippen LogP contribution in [-0.2, 0) is 9.53 Å². The Hall–Kier alpha value is -1.60. The number of halogens is 3. The average Bonchev–Trinajstić information content (AvgIpc) is 2.38. The van der Waals surface area contributed by atoms with Gasteiger partial charge in [0.15, 0.2) is 17.5 Å². The number of benzene rings is 1. The summed E-state index contributed by atoms with van der Waals surface area (Å²) >= 11 is 0. The normalized spacial score (nSPS) is 23.1. The first-order chi connectivity index (χ1) is 9.86. The molecule has 1 heterocycles. The number of ether oxygens (including phenoxy) is 1. The van der Waals surface area contributed by atoms with Gasteiger partial charge in [0.25, 0.3) is 0 Å². The standard InChI is InChI=1S/C14H17F3N2O2/c1-8-5-19(6-9(2)21-8)7-12(20)18-11-4-3-10(15)13(16)14(11)17/h3-4,8-9H,5-7H2,1-2H3,(H,18,20)/t8-,9+. The van der Waals surface area contributed by atoms with Gasteiger partial charge in [0.1, 0.15) is 0 Å². The van der Waals surface area contributed by atoms with Crippen molar-refractivity contribution < 1.29 is 22.7 Å². The van der Waals surface area contributed by atoms with Gasteiger partial charge >= 0.3 is 0 Å². The maximum Gasteiger partial charge on any atom is 0.238 e. The summed E-state index contributed by atoms with van der Waals surface area (Å²) < 4.78 is 44.9. The Morgan fingerprint density at radius 1 is 1.24 bits per heavy atom. The van der Waals surface area contributed by atoms with Gasteiger partial charge in [-0.2, -0.15) is 0 Å². The molecule has 0 aliphatic carbocycles. The van der Waals surface area contributed by atoms with E-state index < -0.39 is 23.4 Å². The molecule has 0 aromatic heterocycles. The maximum atomic E-state index is 13.5. The Morgan fingerprint density at radius 3 is 2.48 bits per heavy atom. The van der Waals surface area contributed by atoms with Crippen LogP contribution in [0.1, 0.15) is 13.8 Å². The van der Waals surface area contributed by atoms with Crippen molar-refractivity contribution in [3.05, 3.63) is 29.6 Å². The molecule has 21 heavy (non-hydrogen) atoms. The highest BCUT2D eigenvalue weighted by Crippen LogP contribution is 2.19. The lowest BCUT2D eigenvalue weighted by molar-refractivity contribution is -0.121. The average molecular weight is 302 g/mol. The van der Waals surface area contributed by atoms with E-state index in [2.05, 4.69) is 5.32 Å². The largest absolute Gasteiger partial charge is 0.373 e. The van der Waals surface area contributed by atoms with Gasteiger partial charge in [-0.3, -0.25) is 9.69 Å². The fourth-order valence-electron chi connectivity index (χ4n) is 2.43. The first-order valence-corrected chi connectivity index (χ1v) is 6.68. The van der Waals surface area contributed by atoms with Crippen molar-refractivity contribution in [1.82, 2.24) is 4.90 Å². The summed E-state index contributed by atoms with van der Waals surface area (Å²) in [5, 5.41) is 2.25. The molecule has 1 aliphatic rings. The van der Waals surface area contributed by atoms with E-state index in [-0.39, 0.29) is 24.4 Å². The van der Waals surface area contributed by atoms with E-state index in [9.17, 15) is 18.0 Å². The van der Waals surface area contributed by atoms with Gasteiger partial charge in [0, 0.05) is 13.1 Å². The van der Waals surface area contributed by atoms with Crippen LogP contribution in [0.15, 0.2) is 12.1 Å². The molecule has 1 aromatic carbocycles. The quantitative estimate of drug-likeness (QED) is 0.870. The third-order valence-electron chi connectivity index (χ3n) is 3.17. The van der Waals surface area contributed by atoms with E-state index >= 15 is 0 Å². The second-order valence-corrected chi connectivity index (χ2v) is 5.22. The lowest BCUT2D eigenvalue weighted by atomic mass is 10.2. The van der Waals surface area contributed by atoms with Gasteiger partial charge in [-0.25, -0.2) is 13.2 Å². The Balaban J connectivity index is 1.97. The molecule has 4 nitrogen and oxygen atoms in total.